The maximum absolute atomic E-state index is 10.3. The molecular weight excluding hydrogens is 571 g/mol. The zero-order chi connectivity index (χ0) is 34.1. The van der Waals surface area contributed by atoms with Crippen molar-refractivity contribution in [2.75, 3.05) is 0 Å². The first kappa shape index (κ1) is 48.4. The summed E-state index contributed by atoms with van der Waals surface area (Å²) in [6, 6.07) is 0. The van der Waals surface area contributed by atoms with Gasteiger partial charge in [0.2, 0.25) is 0 Å². The third kappa shape index (κ3) is 59.0. The van der Waals surface area contributed by atoms with Crippen molar-refractivity contribution in [2.24, 2.45) is 5.92 Å². The first-order valence-electron chi connectivity index (χ1n) is 19.2. The van der Waals surface area contributed by atoms with Gasteiger partial charge in [0.1, 0.15) is 16.3 Å². The van der Waals surface area contributed by atoms with Crippen molar-refractivity contribution >= 4 is 28.2 Å². The summed E-state index contributed by atoms with van der Waals surface area (Å²) >= 11 is 2.69. The summed E-state index contributed by atoms with van der Waals surface area (Å²) in [6.07, 6.45) is 42.5. The van der Waals surface area contributed by atoms with Gasteiger partial charge in [-0.1, -0.05) is 161 Å². The lowest BCUT2D eigenvalue weighted by atomic mass is 10.1. The van der Waals surface area contributed by atoms with Crippen LogP contribution in [0.5, 0.6) is 0 Å². The fourth-order valence-corrected chi connectivity index (χ4v) is 4.69. The van der Waals surface area contributed by atoms with E-state index in [2.05, 4.69) is 68.3 Å². The Balaban J connectivity index is -0.000000680. The van der Waals surface area contributed by atoms with Crippen molar-refractivity contribution in [1.82, 2.24) is 0 Å². The fourth-order valence-electron chi connectivity index (χ4n) is 4.69. The third-order valence-corrected chi connectivity index (χ3v) is 8.72. The molecule has 0 aromatic carbocycles. The SMILES string of the molecule is CC(C)[CH2][Al].CCCCCCCC/C=C\CCCCCCCC(=O)O.CCCCCCCC/C=C\CCCCCCCC(=O)O. The van der Waals surface area contributed by atoms with Gasteiger partial charge in [0.05, 0.1) is 0 Å². The molecular formula is C40H77AlO4. The van der Waals surface area contributed by atoms with Gasteiger partial charge in [0.25, 0.3) is 0 Å². The Labute approximate surface area is 290 Å². The lowest BCUT2D eigenvalue weighted by Gasteiger charge is -1.99. The topological polar surface area (TPSA) is 74.6 Å². The van der Waals surface area contributed by atoms with Crippen LogP contribution in [0, 0.1) is 5.92 Å². The molecule has 0 saturated carbocycles. The quantitative estimate of drug-likeness (QED) is 0.0445. The van der Waals surface area contributed by atoms with Crippen LogP contribution < -0.4 is 0 Å². The number of rotatable bonds is 31. The molecule has 0 spiro atoms. The predicted molar refractivity (Wildman–Crippen MR) is 200 cm³/mol. The summed E-state index contributed by atoms with van der Waals surface area (Å²) in [6.45, 7) is 8.92. The lowest BCUT2D eigenvalue weighted by molar-refractivity contribution is -0.138. The van der Waals surface area contributed by atoms with E-state index in [1.54, 1.807) is 0 Å². The van der Waals surface area contributed by atoms with Crippen molar-refractivity contribution in [3.8, 4) is 0 Å². The maximum Gasteiger partial charge on any atom is 0.303 e. The van der Waals surface area contributed by atoms with Gasteiger partial charge in [-0.2, -0.15) is 0 Å². The smallest absolute Gasteiger partial charge is 0.303 e. The normalized spacial score (nSPS) is 11.0. The molecule has 2 radical (unpaired) electrons. The minimum Gasteiger partial charge on any atom is -0.481 e. The van der Waals surface area contributed by atoms with E-state index >= 15 is 0 Å². The molecule has 5 heteroatoms. The molecule has 45 heavy (non-hydrogen) atoms. The minimum absolute atomic E-state index is 0.332. The van der Waals surface area contributed by atoms with E-state index < -0.39 is 11.9 Å². The average molecular weight is 649 g/mol. The average Bonchev–Trinajstić information content (AvgIpc) is 3.01. The van der Waals surface area contributed by atoms with E-state index in [0.717, 1.165) is 31.6 Å². The van der Waals surface area contributed by atoms with Gasteiger partial charge in [-0.3, -0.25) is 9.59 Å². The molecule has 0 unspecified atom stereocenters. The van der Waals surface area contributed by atoms with Crippen LogP contribution >= 0.6 is 0 Å². The molecule has 0 fully saturated rings. The van der Waals surface area contributed by atoms with Gasteiger partial charge in [-0.15, -0.1) is 5.28 Å². The third-order valence-electron chi connectivity index (χ3n) is 7.78. The standard InChI is InChI=1S/2C18H34O2.C4H9.Al/c2*1-2-3-4-5-6-7-8-9-10-11-12-13-14-15-16-17-18(19)20;1-4(2)3;/h2*9-10H,2-8,11-17H2,1H3,(H,19,20);4H,1H2,2-3H3;/b2*10-9-;;. The number of unbranched alkanes of at least 4 members (excludes halogenated alkanes) is 22. The van der Waals surface area contributed by atoms with Crippen molar-refractivity contribution in [2.45, 2.75) is 213 Å². The first-order chi connectivity index (χ1) is 21.8. The fraction of sp³-hybridized carbons (Fsp3) is 0.850. The van der Waals surface area contributed by atoms with E-state index in [4.69, 9.17) is 10.2 Å². The second-order valence-corrected chi connectivity index (χ2v) is 13.6. The highest BCUT2D eigenvalue weighted by molar-refractivity contribution is 6.08. The molecule has 0 aliphatic heterocycles. The number of carboxylic acids is 2. The molecule has 0 aromatic rings. The summed E-state index contributed by atoms with van der Waals surface area (Å²) in [7, 11) is 0. The van der Waals surface area contributed by atoms with Gasteiger partial charge in [0, 0.05) is 12.8 Å². The van der Waals surface area contributed by atoms with Gasteiger partial charge in [-0.05, 0) is 64.2 Å². The number of carboxylic acid groups (broad SMARTS) is 2. The van der Waals surface area contributed by atoms with Crippen LogP contribution in [-0.4, -0.2) is 38.4 Å². The highest BCUT2D eigenvalue weighted by Gasteiger charge is 1.97. The molecule has 0 aliphatic rings. The molecule has 0 heterocycles. The summed E-state index contributed by atoms with van der Waals surface area (Å²) in [5, 5.41) is 18.2. The van der Waals surface area contributed by atoms with Crippen LogP contribution in [0.15, 0.2) is 24.3 Å². The van der Waals surface area contributed by atoms with Crippen molar-refractivity contribution in [3.63, 3.8) is 0 Å². The predicted octanol–water partition coefficient (Wildman–Crippen LogP) is 13.4. The van der Waals surface area contributed by atoms with E-state index in [0.29, 0.717) is 12.8 Å². The van der Waals surface area contributed by atoms with Gasteiger partial charge in [-0.25, -0.2) is 0 Å². The molecule has 0 saturated heterocycles. The number of carbonyl (C=O) groups is 2. The van der Waals surface area contributed by atoms with Crippen LogP contribution in [0.25, 0.3) is 0 Å². The number of hydrogen-bond acceptors (Lipinski definition) is 2. The van der Waals surface area contributed by atoms with Crippen LogP contribution in [0.2, 0.25) is 5.28 Å². The maximum atomic E-state index is 10.3. The Hall–Kier alpha value is -1.05. The van der Waals surface area contributed by atoms with Crippen molar-refractivity contribution < 1.29 is 19.8 Å². The molecule has 0 atom stereocenters. The van der Waals surface area contributed by atoms with Gasteiger partial charge >= 0.3 is 11.9 Å². The molecule has 0 bridgehead atoms. The Kier molecular flexibility index (Phi) is 48.4. The molecule has 0 rings (SSSR count). The van der Waals surface area contributed by atoms with Gasteiger partial charge < -0.3 is 10.2 Å². The second-order valence-electron chi connectivity index (χ2n) is 13.1. The largest absolute Gasteiger partial charge is 0.481 e. The Morgan fingerprint density at radius 1 is 0.467 bits per heavy atom. The molecule has 0 aromatic heterocycles. The highest BCUT2D eigenvalue weighted by Crippen LogP contribution is 2.11. The van der Waals surface area contributed by atoms with E-state index in [1.165, 1.54) is 147 Å². The molecule has 264 valence electrons. The Bertz CT molecular complexity index is 580. The second kappa shape index (κ2) is 45.1. The monoisotopic (exact) mass is 649 g/mol. The summed E-state index contributed by atoms with van der Waals surface area (Å²) in [4.78, 5) is 20.6. The summed E-state index contributed by atoms with van der Waals surface area (Å²) in [5.41, 5.74) is 0. The van der Waals surface area contributed by atoms with E-state index in [1.807, 2.05) is 0 Å². The number of allylic oxidation sites excluding steroid dienone is 4. The van der Waals surface area contributed by atoms with Crippen LogP contribution in [-0.2, 0) is 9.59 Å². The zero-order valence-electron chi connectivity index (χ0n) is 30.7. The number of hydrogen-bond donors (Lipinski definition) is 2. The Morgan fingerprint density at radius 2 is 0.689 bits per heavy atom. The van der Waals surface area contributed by atoms with Crippen molar-refractivity contribution in [1.29, 1.82) is 0 Å². The molecule has 0 amide bonds. The summed E-state index contributed by atoms with van der Waals surface area (Å²) < 4.78 is 0. The molecule has 0 aliphatic carbocycles. The van der Waals surface area contributed by atoms with Crippen LogP contribution in [0.3, 0.4) is 0 Å². The zero-order valence-corrected chi connectivity index (χ0v) is 31.8. The van der Waals surface area contributed by atoms with Crippen LogP contribution in [0.1, 0.15) is 207 Å². The first-order valence-corrected chi connectivity index (χ1v) is 20.1. The molecule has 4 nitrogen and oxygen atoms in total. The van der Waals surface area contributed by atoms with Gasteiger partial charge in [0.15, 0.2) is 0 Å². The van der Waals surface area contributed by atoms with Crippen molar-refractivity contribution in [3.05, 3.63) is 24.3 Å². The van der Waals surface area contributed by atoms with Crippen LogP contribution in [0.4, 0.5) is 0 Å². The highest BCUT2D eigenvalue weighted by atomic mass is 27.0. The van der Waals surface area contributed by atoms with E-state index in [-0.39, 0.29) is 0 Å². The summed E-state index contributed by atoms with van der Waals surface area (Å²) in [5.74, 6) is -0.481. The lowest BCUT2D eigenvalue weighted by Crippen LogP contribution is -1.93. The number of aliphatic carboxylic acids is 2. The minimum atomic E-state index is -0.664. The van der Waals surface area contributed by atoms with E-state index in [9.17, 15) is 9.59 Å². The Morgan fingerprint density at radius 3 is 0.911 bits per heavy atom. The molecule has 2 N–H and O–H groups in total.